The summed E-state index contributed by atoms with van der Waals surface area (Å²) in [5.41, 5.74) is 0. The molecule has 38 valence electrons. The molecule has 0 rings (SSSR count). The van der Waals surface area contributed by atoms with Gasteiger partial charge in [-0.1, -0.05) is 0 Å². The van der Waals surface area contributed by atoms with Crippen LogP contribution in [0.4, 0.5) is 0 Å². The van der Waals surface area contributed by atoms with Crippen LogP contribution in [-0.4, -0.2) is 34.6 Å². The maximum absolute atomic E-state index is 8.23. The second-order valence-corrected chi connectivity index (χ2v) is 1.04. The molecule has 0 heterocycles. The summed E-state index contributed by atoms with van der Waals surface area (Å²) in [7, 11) is 0. The van der Waals surface area contributed by atoms with Gasteiger partial charge in [-0.25, -0.2) is 0 Å². The highest BCUT2D eigenvalue weighted by Crippen LogP contribution is 1.71. The highest BCUT2D eigenvalue weighted by atomic mass is 16.3. The minimum absolute atomic E-state index is 0.115. The van der Waals surface area contributed by atoms with Crippen molar-refractivity contribution in [3.05, 3.63) is 0 Å². The van der Waals surface area contributed by atoms with Crippen LogP contribution in [0.3, 0.4) is 0 Å². The molecule has 0 aromatic heterocycles. The van der Waals surface area contributed by atoms with Crippen LogP contribution in [0.25, 0.3) is 0 Å². The molecule has 0 saturated heterocycles. The van der Waals surface area contributed by atoms with Crippen LogP contribution in [0.1, 0.15) is 0 Å². The number of hydrogen-bond acceptors (Lipinski definition) is 2. The standard InChI is InChI=1S/C3H8O3/c4-1-3(6)2-5/h3-6H,1-2H2/p+1. The fourth-order valence-corrected chi connectivity index (χ4v) is 0.0645. The second kappa shape index (κ2) is 3.08. The summed E-state index contributed by atoms with van der Waals surface area (Å²) in [6.07, 6.45) is -0.843. The molecule has 1 unspecified atom stereocenters. The molecule has 1 atom stereocenters. The van der Waals surface area contributed by atoms with E-state index in [0.717, 1.165) is 0 Å². The van der Waals surface area contributed by atoms with Gasteiger partial charge in [-0.05, 0) is 0 Å². The molecule has 3 nitrogen and oxygen atoms in total. The molecule has 0 aromatic carbocycles. The highest BCUT2D eigenvalue weighted by molar-refractivity contribution is 4.43. The van der Waals surface area contributed by atoms with E-state index in [0.29, 0.717) is 0 Å². The topological polar surface area (TPSA) is 63.4 Å². The first-order valence-electron chi connectivity index (χ1n) is 1.74. The highest BCUT2D eigenvalue weighted by Gasteiger charge is 1.97. The maximum atomic E-state index is 8.23. The SMILES string of the molecule is OCC(O)C[OH2+]. The van der Waals surface area contributed by atoms with Crippen LogP contribution in [0.2, 0.25) is 0 Å². The fourth-order valence-electron chi connectivity index (χ4n) is 0.0645. The Balaban J connectivity index is 2.75. The van der Waals surface area contributed by atoms with Gasteiger partial charge in [-0.2, -0.15) is 0 Å². The van der Waals surface area contributed by atoms with E-state index < -0.39 is 6.10 Å². The normalized spacial score (nSPS) is 14.5. The van der Waals surface area contributed by atoms with Crippen LogP contribution >= 0.6 is 0 Å². The van der Waals surface area contributed by atoms with Crippen molar-refractivity contribution in [1.82, 2.24) is 0 Å². The molecule has 6 heavy (non-hydrogen) atoms. The lowest BCUT2D eigenvalue weighted by molar-refractivity contribution is 0.0450. The summed E-state index contributed by atoms with van der Waals surface area (Å²) in [4.78, 5) is 0. The smallest absolute Gasteiger partial charge is 0.172 e. The predicted octanol–water partition coefficient (Wildman–Crippen LogP) is -1.94. The lowest BCUT2D eigenvalue weighted by Crippen LogP contribution is -2.15. The molecule has 4 N–H and O–H groups in total. The second-order valence-electron chi connectivity index (χ2n) is 1.04. The van der Waals surface area contributed by atoms with E-state index in [4.69, 9.17) is 15.3 Å². The van der Waals surface area contributed by atoms with Gasteiger partial charge in [0, 0.05) is 0 Å². The molecule has 0 spiro atoms. The van der Waals surface area contributed by atoms with Crippen molar-refractivity contribution in [1.29, 1.82) is 0 Å². The van der Waals surface area contributed by atoms with Gasteiger partial charge in [0.15, 0.2) is 6.61 Å². The fraction of sp³-hybridized carbons (Fsp3) is 1.00. The van der Waals surface area contributed by atoms with E-state index in [1.807, 2.05) is 0 Å². The Bertz CT molecular complexity index is 25.2. The van der Waals surface area contributed by atoms with E-state index in [1.54, 1.807) is 0 Å². The van der Waals surface area contributed by atoms with Crippen LogP contribution in [-0.2, 0) is 0 Å². The van der Waals surface area contributed by atoms with Crippen molar-refractivity contribution in [3.8, 4) is 0 Å². The molecule has 0 aliphatic carbocycles. The zero-order chi connectivity index (χ0) is 4.99. The average molecular weight is 93.1 g/mol. The van der Waals surface area contributed by atoms with Crippen molar-refractivity contribution in [2.75, 3.05) is 13.2 Å². The lowest BCUT2D eigenvalue weighted by Gasteiger charge is -1.93. The number of aliphatic hydroxyl groups is 2. The van der Waals surface area contributed by atoms with Gasteiger partial charge in [-0.3, -0.25) is 0 Å². The molecule has 0 saturated carbocycles. The molecule has 0 fully saturated rings. The van der Waals surface area contributed by atoms with Crippen LogP contribution in [0, 0.1) is 0 Å². The largest absolute Gasteiger partial charge is 0.443 e. The van der Waals surface area contributed by atoms with E-state index in [-0.39, 0.29) is 13.2 Å². The van der Waals surface area contributed by atoms with Crippen molar-refractivity contribution in [2.24, 2.45) is 0 Å². The molecule has 0 aliphatic rings. The molecule has 0 radical (unpaired) electrons. The Hall–Kier alpha value is -0.120. The predicted molar refractivity (Wildman–Crippen MR) is 21.6 cm³/mol. The lowest BCUT2D eigenvalue weighted by atomic mass is 10.4. The van der Waals surface area contributed by atoms with E-state index >= 15 is 0 Å². The summed E-state index contributed by atoms with van der Waals surface area (Å²) in [5, 5.41) is 22.6. The summed E-state index contributed by atoms with van der Waals surface area (Å²) < 4.78 is 0. The molecule has 0 bridgehead atoms. The van der Waals surface area contributed by atoms with Crippen LogP contribution in [0.5, 0.6) is 0 Å². The van der Waals surface area contributed by atoms with Gasteiger partial charge in [-0.15, -0.1) is 0 Å². The Kier molecular flexibility index (Phi) is 3.02. The van der Waals surface area contributed by atoms with Gasteiger partial charge >= 0.3 is 0 Å². The third-order valence-corrected chi connectivity index (χ3v) is 0.446. The first-order chi connectivity index (χ1) is 2.81. The van der Waals surface area contributed by atoms with E-state index in [9.17, 15) is 0 Å². The van der Waals surface area contributed by atoms with Crippen LogP contribution < -0.4 is 0 Å². The van der Waals surface area contributed by atoms with E-state index in [2.05, 4.69) is 0 Å². The van der Waals surface area contributed by atoms with Gasteiger partial charge in [0.25, 0.3) is 0 Å². The molecular weight excluding hydrogens is 84.0 g/mol. The van der Waals surface area contributed by atoms with Gasteiger partial charge in [0.05, 0.1) is 6.61 Å². The minimum Gasteiger partial charge on any atom is -0.443 e. The Morgan fingerprint density at radius 1 is 1.67 bits per heavy atom. The van der Waals surface area contributed by atoms with Crippen molar-refractivity contribution < 1.29 is 15.3 Å². The van der Waals surface area contributed by atoms with Crippen molar-refractivity contribution in [2.45, 2.75) is 6.10 Å². The molecular formula is C3H9O3+. The molecule has 0 amide bonds. The Labute approximate surface area is 35.9 Å². The van der Waals surface area contributed by atoms with Gasteiger partial charge < -0.3 is 15.3 Å². The summed E-state index contributed by atoms with van der Waals surface area (Å²) in [5.74, 6) is 0. The minimum atomic E-state index is -0.843. The molecule has 0 aliphatic heterocycles. The summed E-state index contributed by atoms with van der Waals surface area (Å²) in [6.45, 7) is -0.417. The number of hydrogen-bond donors (Lipinski definition) is 2. The maximum Gasteiger partial charge on any atom is 0.172 e. The summed E-state index contributed by atoms with van der Waals surface area (Å²) in [6, 6.07) is 0. The monoisotopic (exact) mass is 93.1 g/mol. The zero-order valence-electron chi connectivity index (χ0n) is 3.39. The van der Waals surface area contributed by atoms with E-state index in [1.165, 1.54) is 0 Å². The van der Waals surface area contributed by atoms with Crippen molar-refractivity contribution >= 4 is 0 Å². The Morgan fingerprint density at radius 3 is 2.17 bits per heavy atom. The van der Waals surface area contributed by atoms with Crippen LogP contribution in [0.15, 0.2) is 0 Å². The zero-order valence-corrected chi connectivity index (χ0v) is 3.39. The van der Waals surface area contributed by atoms with Gasteiger partial charge in [0.1, 0.15) is 6.10 Å². The Morgan fingerprint density at radius 2 is 2.17 bits per heavy atom. The third-order valence-electron chi connectivity index (χ3n) is 0.446. The third kappa shape index (κ3) is 2.14. The first-order valence-corrected chi connectivity index (χ1v) is 1.74. The number of aliphatic hydroxyl groups excluding tert-OH is 2. The average Bonchev–Trinajstić information content (AvgIpc) is 1.65. The quantitative estimate of drug-likeness (QED) is 0.390. The first kappa shape index (κ1) is 5.88. The molecule has 3 heteroatoms. The summed E-state index contributed by atoms with van der Waals surface area (Å²) >= 11 is 0. The molecule has 0 aromatic rings. The van der Waals surface area contributed by atoms with Gasteiger partial charge in [0.2, 0.25) is 0 Å². The van der Waals surface area contributed by atoms with Crippen molar-refractivity contribution in [3.63, 3.8) is 0 Å². The number of rotatable bonds is 2.